The summed E-state index contributed by atoms with van der Waals surface area (Å²) in [4.78, 5) is 6.54. The third kappa shape index (κ3) is 3.60. The van der Waals surface area contributed by atoms with Gasteiger partial charge in [-0.3, -0.25) is 4.90 Å². The lowest BCUT2D eigenvalue weighted by atomic mass is 10.0. The summed E-state index contributed by atoms with van der Waals surface area (Å²) in [7, 11) is 1.70. The molecule has 0 saturated carbocycles. The molecule has 7 nitrogen and oxygen atoms in total. The van der Waals surface area contributed by atoms with E-state index in [0.717, 1.165) is 42.3 Å². The molecule has 7 heteroatoms. The Morgan fingerprint density at radius 2 is 2.15 bits per heavy atom. The van der Waals surface area contributed by atoms with E-state index in [1.165, 1.54) is 17.5 Å². The van der Waals surface area contributed by atoms with Gasteiger partial charge in [-0.25, -0.2) is 9.67 Å². The van der Waals surface area contributed by atoms with Gasteiger partial charge in [-0.15, -0.1) is 0 Å². The van der Waals surface area contributed by atoms with Gasteiger partial charge >= 0.3 is 0 Å². The number of aromatic nitrogens is 4. The van der Waals surface area contributed by atoms with E-state index in [0.29, 0.717) is 12.6 Å². The molecule has 27 heavy (non-hydrogen) atoms. The Morgan fingerprint density at radius 3 is 2.85 bits per heavy atom. The Morgan fingerprint density at radius 1 is 1.26 bits per heavy atom. The summed E-state index contributed by atoms with van der Waals surface area (Å²) in [6, 6.07) is 6.77. The van der Waals surface area contributed by atoms with Crippen molar-refractivity contribution in [2.75, 3.05) is 13.7 Å². The largest absolute Gasteiger partial charge is 0.496 e. The zero-order valence-corrected chi connectivity index (χ0v) is 16.1. The Bertz CT molecular complexity index is 884. The summed E-state index contributed by atoms with van der Waals surface area (Å²) in [6.07, 6.45) is 5.61. The van der Waals surface area contributed by atoms with Crippen LogP contribution in [0.3, 0.4) is 0 Å². The number of nitrogens with zero attached hydrogens (tertiary/aromatic N) is 5. The molecule has 0 radical (unpaired) electrons. The molecule has 0 amide bonds. The first kappa shape index (κ1) is 17.7. The fraction of sp³-hybridized carbons (Fsp3) is 0.450. The van der Waals surface area contributed by atoms with Crippen LogP contribution >= 0.6 is 0 Å². The summed E-state index contributed by atoms with van der Waals surface area (Å²) in [5, 5.41) is 8.35. The van der Waals surface area contributed by atoms with E-state index in [-0.39, 0.29) is 0 Å². The number of likely N-dealkylation sites (tertiary alicyclic amines) is 1. The highest BCUT2D eigenvalue weighted by Crippen LogP contribution is 2.36. The van der Waals surface area contributed by atoms with Crippen molar-refractivity contribution in [2.24, 2.45) is 0 Å². The van der Waals surface area contributed by atoms with E-state index in [9.17, 15) is 0 Å². The average Bonchev–Trinajstić information content (AvgIpc) is 3.39. The highest BCUT2D eigenvalue weighted by molar-refractivity contribution is 5.37. The highest BCUT2D eigenvalue weighted by atomic mass is 16.5. The maximum Gasteiger partial charge on any atom is 0.138 e. The van der Waals surface area contributed by atoms with Crippen molar-refractivity contribution in [1.82, 2.24) is 24.8 Å². The molecule has 1 saturated heterocycles. The van der Waals surface area contributed by atoms with Gasteiger partial charge in [0.2, 0.25) is 0 Å². The molecule has 0 N–H and O–H groups in total. The van der Waals surface area contributed by atoms with Crippen LogP contribution < -0.4 is 4.74 Å². The van der Waals surface area contributed by atoms with E-state index < -0.39 is 0 Å². The first-order valence-electron chi connectivity index (χ1n) is 9.30. The Kier molecular flexibility index (Phi) is 4.94. The average molecular weight is 367 g/mol. The van der Waals surface area contributed by atoms with Crippen molar-refractivity contribution >= 4 is 0 Å². The molecule has 1 aromatic carbocycles. The van der Waals surface area contributed by atoms with Crippen LogP contribution in [0, 0.1) is 13.8 Å². The van der Waals surface area contributed by atoms with Crippen molar-refractivity contribution < 1.29 is 9.26 Å². The lowest BCUT2D eigenvalue weighted by molar-refractivity contribution is 0.245. The molecule has 0 bridgehead atoms. The van der Waals surface area contributed by atoms with Crippen molar-refractivity contribution in [1.29, 1.82) is 0 Å². The van der Waals surface area contributed by atoms with E-state index >= 15 is 0 Å². The van der Waals surface area contributed by atoms with Crippen molar-refractivity contribution in [2.45, 2.75) is 45.8 Å². The van der Waals surface area contributed by atoms with Crippen LogP contribution in [0.1, 0.15) is 47.0 Å². The Labute approximate surface area is 158 Å². The number of ether oxygens (including phenoxy) is 1. The van der Waals surface area contributed by atoms with Crippen molar-refractivity contribution in [3.63, 3.8) is 0 Å². The van der Waals surface area contributed by atoms with Gasteiger partial charge in [0.1, 0.15) is 24.2 Å². The minimum absolute atomic E-state index is 0.372. The smallest absolute Gasteiger partial charge is 0.138 e. The van der Waals surface area contributed by atoms with Gasteiger partial charge in [-0.2, -0.15) is 5.10 Å². The number of rotatable bonds is 6. The molecule has 142 valence electrons. The Hall–Kier alpha value is -2.67. The van der Waals surface area contributed by atoms with Crippen LogP contribution in [-0.2, 0) is 13.1 Å². The minimum atomic E-state index is 0.372. The number of benzene rings is 1. The van der Waals surface area contributed by atoms with Crippen LogP contribution in [0.15, 0.2) is 35.4 Å². The molecule has 1 aliphatic rings. The van der Waals surface area contributed by atoms with Gasteiger partial charge in [0.15, 0.2) is 0 Å². The lowest BCUT2D eigenvalue weighted by Gasteiger charge is -2.25. The molecule has 0 aliphatic carbocycles. The molecule has 3 aromatic rings. The maximum atomic E-state index is 5.53. The second-order valence-corrected chi connectivity index (χ2v) is 7.11. The maximum absolute atomic E-state index is 5.53. The molecule has 1 aliphatic heterocycles. The summed E-state index contributed by atoms with van der Waals surface area (Å²) >= 11 is 0. The fourth-order valence-electron chi connectivity index (χ4n) is 4.09. The van der Waals surface area contributed by atoms with E-state index in [4.69, 9.17) is 9.26 Å². The van der Waals surface area contributed by atoms with Crippen LogP contribution in [0.2, 0.25) is 0 Å². The van der Waals surface area contributed by atoms with Gasteiger partial charge in [-0.1, -0.05) is 11.2 Å². The predicted octanol–water partition coefficient (Wildman–Crippen LogP) is 3.28. The van der Waals surface area contributed by atoms with Gasteiger partial charge in [0.25, 0.3) is 0 Å². The van der Waals surface area contributed by atoms with Crippen molar-refractivity contribution in [3.8, 4) is 5.75 Å². The third-order valence-electron chi connectivity index (χ3n) is 5.31. The van der Waals surface area contributed by atoms with Gasteiger partial charge in [0.05, 0.1) is 19.3 Å². The molecule has 3 heterocycles. The van der Waals surface area contributed by atoms with E-state index in [1.54, 1.807) is 19.8 Å². The Balaban J connectivity index is 1.56. The van der Waals surface area contributed by atoms with Gasteiger partial charge in [0, 0.05) is 23.7 Å². The molecular formula is C20H25N5O2. The third-order valence-corrected chi connectivity index (χ3v) is 5.31. The zero-order chi connectivity index (χ0) is 18.8. The van der Waals surface area contributed by atoms with E-state index in [2.05, 4.69) is 32.3 Å². The summed E-state index contributed by atoms with van der Waals surface area (Å²) < 4.78 is 12.8. The lowest BCUT2D eigenvalue weighted by Crippen LogP contribution is -2.23. The number of hydrogen-bond acceptors (Lipinski definition) is 6. The minimum Gasteiger partial charge on any atom is -0.496 e. The predicted molar refractivity (Wildman–Crippen MR) is 100 cm³/mol. The summed E-state index contributed by atoms with van der Waals surface area (Å²) in [5.74, 6) is 1.81. The SMILES string of the molecule is COc1ccc(CN2CCC[C@@H]2c2c(C)noc2C)cc1Cn1cncn1. The summed E-state index contributed by atoms with van der Waals surface area (Å²) in [6.45, 7) is 6.66. The molecule has 0 spiro atoms. The normalized spacial score (nSPS) is 17.5. The topological polar surface area (TPSA) is 69.2 Å². The molecule has 1 atom stereocenters. The van der Waals surface area contributed by atoms with Crippen LogP contribution in [-0.4, -0.2) is 38.5 Å². The highest BCUT2D eigenvalue weighted by Gasteiger charge is 2.30. The first-order chi connectivity index (χ1) is 13.2. The van der Waals surface area contributed by atoms with Crippen molar-refractivity contribution in [3.05, 3.63) is 59.0 Å². The fourth-order valence-corrected chi connectivity index (χ4v) is 4.09. The zero-order valence-electron chi connectivity index (χ0n) is 16.1. The van der Waals surface area contributed by atoms with Crippen LogP contribution in [0.25, 0.3) is 0 Å². The molecule has 0 unspecified atom stereocenters. The van der Waals surface area contributed by atoms with Crippen LogP contribution in [0.4, 0.5) is 0 Å². The number of aryl methyl sites for hydroxylation is 2. The second kappa shape index (κ2) is 7.52. The molecule has 2 aromatic heterocycles. The van der Waals surface area contributed by atoms with Gasteiger partial charge in [-0.05, 0) is 50.9 Å². The number of methoxy groups -OCH3 is 1. The first-order valence-corrected chi connectivity index (χ1v) is 9.30. The number of hydrogen-bond donors (Lipinski definition) is 0. The van der Waals surface area contributed by atoms with Gasteiger partial charge < -0.3 is 9.26 Å². The molecule has 1 fully saturated rings. The van der Waals surface area contributed by atoms with Crippen LogP contribution in [0.5, 0.6) is 5.75 Å². The standard InChI is InChI=1S/C20H25N5O2/c1-14-20(15(2)27-23-14)18-5-4-8-24(18)10-16-6-7-19(26-3)17(9-16)11-25-13-21-12-22-25/h6-7,9,12-13,18H,4-5,8,10-11H2,1-3H3/t18-/m1/s1. The second-order valence-electron chi connectivity index (χ2n) is 7.11. The summed E-state index contributed by atoms with van der Waals surface area (Å²) in [5.41, 5.74) is 4.63. The molecular weight excluding hydrogens is 342 g/mol. The molecule has 4 rings (SSSR count). The monoisotopic (exact) mass is 367 g/mol. The quantitative estimate of drug-likeness (QED) is 0.666. The van der Waals surface area contributed by atoms with E-state index in [1.807, 2.05) is 24.6 Å².